The van der Waals surface area contributed by atoms with Gasteiger partial charge in [0.15, 0.2) is 11.5 Å². The number of rotatable bonds is 8. The molecule has 2 N–H and O–H groups in total. The molecule has 1 aliphatic heterocycles. The average molecular weight is 376 g/mol. The first-order valence-corrected chi connectivity index (χ1v) is 9.67. The molecule has 0 unspecified atom stereocenters. The summed E-state index contributed by atoms with van der Waals surface area (Å²) < 4.78 is 10.8. The van der Waals surface area contributed by atoms with Crippen LogP contribution in [-0.2, 0) is 0 Å². The second kappa shape index (κ2) is 8.61. The van der Waals surface area contributed by atoms with Crippen LogP contribution in [0.15, 0.2) is 54.6 Å². The molecule has 0 fully saturated rings. The smallest absolute Gasteiger partial charge is 0.231 e. The third kappa shape index (κ3) is 4.34. The van der Waals surface area contributed by atoms with E-state index < -0.39 is 0 Å². The minimum absolute atomic E-state index is 0.260. The highest BCUT2D eigenvalue weighted by Gasteiger charge is 2.14. The van der Waals surface area contributed by atoms with Gasteiger partial charge in [-0.25, -0.2) is 4.98 Å². The molecule has 6 heteroatoms. The van der Waals surface area contributed by atoms with Gasteiger partial charge in [0.25, 0.3) is 0 Å². The van der Waals surface area contributed by atoms with E-state index in [-0.39, 0.29) is 6.79 Å². The van der Waals surface area contributed by atoms with Gasteiger partial charge in [0.1, 0.15) is 5.82 Å². The standard InChI is InChI=1S/C22H24N4O2/c1-2-3-7-12-23-22-25-18(16-8-5-4-6-9-16)14-21(26-22)24-17-10-11-19-20(13-17)28-15-27-19/h4-6,8-11,13-14H,2-3,7,12,15H2,1H3,(H2,23,24,25,26). The Kier molecular flexibility index (Phi) is 5.56. The largest absolute Gasteiger partial charge is 0.454 e. The van der Waals surface area contributed by atoms with Crippen LogP contribution in [0, 0.1) is 0 Å². The lowest BCUT2D eigenvalue weighted by molar-refractivity contribution is 0.174. The van der Waals surface area contributed by atoms with Crippen LogP contribution >= 0.6 is 0 Å². The van der Waals surface area contributed by atoms with E-state index in [9.17, 15) is 0 Å². The van der Waals surface area contributed by atoms with Crippen molar-refractivity contribution < 1.29 is 9.47 Å². The van der Waals surface area contributed by atoms with Gasteiger partial charge in [-0.1, -0.05) is 50.1 Å². The van der Waals surface area contributed by atoms with Gasteiger partial charge in [-0.05, 0) is 18.6 Å². The van der Waals surface area contributed by atoms with Crippen LogP contribution in [0.5, 0.6) is 11.5 Å². The molecule has 1 aliphatic rings. The van der Waals surface area contributed by atoms with E-state index in [1.54, 1.807) is 0 Å². The molecule has 6 nitrogen and oxygen atoms in total. The summed E-state index contributed by atoms with van der Waals surface area (Å²) in [4.78, 5) is 9.33. The fourth-order valence-corrected chi connectivity index (χ4v) is 3.04. The summed E-state index contributed by atoms with van der Waals surface area (Å²) in [6, 6.07) is 17.8. The molecule has 1 aromatic heterocycles. The number of hydrogen-bond donors (Lipinski definition) is 2. The highest BCUT2D eigenvalue weighted by molar-refractivity contribution is 5.68. The molecular formula is C22H24N4O2. The first kappa shape index (κ1) is 18.1. The summed E-state index contributed by atoms with van der Waals surface area (Å²) >= 11 is 0. The van der Waals surface area contributed by atoms with Crippen molar-refractivity contribution in [1.29, 1.82) is 0 Å². The Balaban J connectivity index is 1.59. The quantitative estimate of drug-likeness (QED) is 0.526. The minimum Gasteiger partial charge on any atom is -0.454 e. The zero-order chi connectivity index (χ0) is 19.2. The summed E-state index contributed by atoms with van der Waals surface area (Å²) in [5, 5.41) is 6.71. The summed E-state index contributed by atoms with van der Waals surface area (Å²) in [6.07, 6.45) is 3.47. The molecule has 4 rings (SSSR count). The Morgan fingerprint density at radius 2 is 1.79 bits per heavy atom. The van der Waals surface area contributed by atoms with Crippen LogP contribution in [0.1, 0.15) is 26.2 Å². The van der Waals surface area contributed by atoms with Crippen molar-refractivity contribution in [3.63, 3.8) is 0 Å². The molecular weight excluding hydrogens is 352 g/mol. The monoisotopic (exact) mass is 376 g/mol. The number of anilines is 3. The van der Waals surface area contributed by atoms with Crippen LogP contribution < -0.4 is 20.1 Å². The number of benzene rings is 2. The van der Waals surface area contributed by atoms with Crippen molar-refractivity contribution in [2.75, 3.05) is 24.0 Å². The first-order valence-electron chi connectivity index (χ1n) is 9.67. The molecule has 0 saturated carbocycles. The lowest BCUT2D eigenvalue weighted by Crippen LogP contribution is -2.07. The molecule has 2 heterocycles. The van der Waals surface area contributed by atoms with Crippen LogP contribution in [0.2, 0.25) is 0 Å². The van der Waals surface area contributed by atoms with Crippen LogP contribution in [0.4, 0.5) is 17.5 Å². The second-order valence-corrected chi connectivity index (χ2v) is 6.65. The van der Waals surface area contributed by atoms with E-state index in [4.69, 9.17) is 14.5 Å². The normalized spacial score (nSPS) is 12.0. The first-order chi connectivity index (χ1) is 13.8. The van der Waals surface area contributed by atoms with Crippen LogP contribution in [-0.4, -0.2) is 23.3 Å². The summed E-state index contributed by atoms with van der Waals surface area (Å²) in [5.41, 5.74) is 2.81. The van der Waals surface area contributed by atoms with E-state index in [0.29, 0.717) is 5.95 Å². The lowest BCUT2D eigenvalue weighted by Gasteiger charge is -2.12. The maximum Gasteiger partial charge on any atom is 0.231 e. The topological polar surface area (TPSA) is 68.3 Å². The van der Waals surface area contributed by atoms with E-state index in [2.05, 4.69) is 22.5 Å². The Hall–Kier alpha value is -3.28. The lowest BCUT2D eigenvalue weighted by atomic mass is 10.1. The average Bonchev–Trinajstić information content (AvgIpc) is 3.20. The predicted molar refractivity (Wildman–Crippen MR) is 111 cm³/mol. The van der Waals surface area contributed by atoms with Gasteiger partial charge < -0.3 is 20.1 Å². The Bertz CT molecular complexity index is 931. The van der Waals surface area contributed by atoms with E-state index in [0.717, 1.165) is 47.2 Å². The van der Waals surface area contributed by atoms with Gasteiger partial charge in [-0.15, -0.1) is 0 Å². The number of ether oxygens (including phenoxy) is 2. The molecule has 0 amide bonds. The highest BCUT2D eigenvalue weighted by atomic mass is 16.7. The molecule has 0 radical (unpaired) electrons. The predicted octanol–water partition coefficient (Wildman–Crippen LogP) is 5.22. The Morgan fingerprint density at radius 3 is 2.64 bits per heavy atom. The van der Waals surface area contributed by atoms with Gasteiger partial charge >= 0.3 is 0 Å². The fourth-order valence-electron chi connectivity index (χ4n) is 3.04. The van der Waals surface area contributed by atoms with E-state index in [1.165, 1.54) is 12.8 Å². The SMILES string of the molecule is CCCCCNc1nc(Nc2ccc3c(c2)OCO3)cc(-c2ccccc2)n1. The van der Waals surface area contributed by atoms with Crippen molar-refractivity contribution in [2.45, 2.75) is 26.2 Å². The number of hydrogen-bond acceptors (Lipinski definition) is 6. The van der Waals surface area contributed by atoms with Gasteiger partial charge in [-0.2, -0.15) is 4.98 Å². The van der Waals surface area contributed by atoms with E-state index in [1.807, 2.05) is 54.6 Å². The number of nitrogens with zero attached hydrogens (tertiary/aromatic N) is 2. The van der Waals surface area contributed by atoms with Gasteiger partial charge in [0, 0.05) is 29.9 Å². The molecule has 2 aromatic carbocycles. The second-order valence-electron chi connectivity index (χ2n) is 6.65. The minimum atomic E-state index is 0.260. The highest BCUT2D eigenvalue weighted by Crippen LogP contribution is 2.35. The zero-order valence-corrected chi connectivity index (χ0v) is 15.9. The molecule has 0 atom stereocenters. The third-order valence-corrected chi connectivity index (χ3v) is 4.50. The molecule has 28 heavy (non-hydrogen) atoms. The fraction of sp³-hybridized carbons (Fsp3) is 0.273. The van der Waals surface area contributed by atoms with Crippen molar-refractivity contribution in [1.82, 2.24) is 9.97 Å². The summed E-state index contributed by atoms with van der Waals surface area (Å²) in [6.45, 7) is 3.31. The van der Waals surface area contributed by atoms with Gasteiger partial charge in [-0.3, -0.25) is 0 Å². The summed E-state index contributed by atoms with van der Waals surface area (Å²) in [7, 11) is 0. The van der Waals surface area contributed by atoms with Crippen molar-refractivity contribution in [3.05, 3.63) is 54.6 Å². The number of nitrogens with one attached hydrogen (secondary N) is 2. The maximum absolute atomic E-state index is 5.46. The van der Waals surface area contributed by atoms with Crippen LogP contribution in [0.25, 0.3) is 11.3 Å². The van der Waals surface area contributed by atoms with Gasteiger partial charge in [0.2, 0.25) is 12.7 Å². The number of aromatic nitrogens is 2. The van der Waals surface area contributed by atoms with Crippen molar-refractivity contribution in [2.24, 2.45) is 0 Å². The molecule has 0 saturated heterocycles. The molecule has 0 aliphatic carbocycles. The molecule has 144 valence electrons. The molecule has 0 bridgehead atoms. The van der Waals surface area contributed by atoms with Crippen molar-refractivity contribution >= 4 is 17.5 Å². The third-order valence-electron chi connectivity index (χ3n) is 4.50. The number of fused-ring (bicyclic) bond motifs is 1. The zero-order valence-electron chi connectivity index (χ0n) is 15.9. The Morgan fingerprint density at radius 1 is 0.929 bits per heavy atom. The number of unbranched alkanes of at least 4 members (excludes halogenated alkanes) is 2. The Labute approximate surface area is 164 Å². The molecule has 0 spiro atoms. The van der Waals surface area contributed by atoms with E-state index >= 15 is 0 Å². The maximum atomic E-state index is 5.46. The van der Waals surface area contributed by atoms with Crippen molar-refractivity contribution in [3.8, 4) is 22.8 Å². The van der Waals surface area contributed by atoms with Gasteiger partial charge in [0.05, 0.1) is 5.69 Å². The van der Waals surface area contributed by atoms with Crippen LogP contribution in [0.3, 0.4) is 0 Å². The summed E-state index contributed by atoms with van der Waals surface area (Å²) in [5.74, 6) is 2.85. The molecule has 3 aromatic rings.